The second kappa shape index (κ2) is 4.70. The zero-order chi connectivity index (χ0) is 13.6. The number of aromatic nitrogens is 2. The van der Waals surface area contributed by atoms with E-state index in [-0.39, 0.29) is 5.82 Å². The molecule has 0 radical (unpaired) electrons. The average molecular weight is 343 g/mol. The molecule has 1 heterocycles. The van der Waals surface area contributed by atoms with Gasteiger partial charge in [0.2, 0.25) is 0 Å². The van der Waals surface area contributed by atoms with Gasteiger partial charge in [-0.2, -0.15) is 0 Å². The third-order valence-electron chi connectivity index (χ3n) is 4.47. The zero-order valence-electron chi connectivity index (χ0n) is 10.8. The van der Waals surface area contributed by atoms with Gasteiger partial charge in [-0.1, -0.05) is 13.3 Å². The van der Waals surface area contributed by atoms with Crippen molar-refractivity contribution in [2.45, 2.75) is 39.2 Å². The first kappa shape index (κ1) is 13.3. The minimum Gasteiger partial charge on any atom is -0.331 e. The van der Waals surface area contributed by atoms with E-state index in [0.29, 0.717) is 14.7 Å². The summed E-state index contributed by atoms with van der Waals surface area (Å²) in [5, 5.41) is 0. The normalized spacial score (nSPS) is 17.6. The van der Waals surface area contributed by atoms with Gasteiger partial charge in [-0.05, 0) is 58.9 Å². The first-order valence-corrected chi connectivity index (χ1v) is 7.82. The molecule has 0 atom stereocenters. The van der Waals surface area contributed by atoms with Crippen molar-refractivity contribution in [1.82, 2.24) is 9.55 Å². The number of aromatic amines is 1. The summed E-state index contributed by atoms with van der Waals surface area (Å²) in [6.07, 6.45) is 4.94. The predicted octanol–water partition coefficient (Wildman–Crippen LogP) is 5.18. The number of nitrogens with zero attached hydrogens (tertiary/aromatic N) is 1. The maximum Gasteiger partial charge on any atom is 0.178 e. The van der Waals surface area contributed by atoms with E-state index in [1.165, 1.54) is 19.3 Å². The van der Waals surface area contributed by atoms with Crippen LogP contribution in [0, 0.1) is 16.0 Å². The second-order valence-electron chi connectivity index (χ2n) is 5.51. The summed E-state index contributed by atoms with van der Waals surface area (Å²) in [5.41, 5.74) is 2.12. The second-order valence-corrected chi connectivity index (χ2v) is 6.75. The fraction of sp³-hybridized carbons (Fsp3) is 0.500. The average Bonchev–Trinajstić information content (AvgIpc) is 2.61. The van der Waals surface area contributed by atoms with Crippen molar-refractivity contribution in [1.29, 1.82) is 0 Å². The summed E-state index contributed by atoms with van der Waals surface area (Å²) in [7, 11) is 0. The number of nitrogens with one attached hydrogen (secondary N) is 1. The van der Waals surface area contributed by atoms with Gasteiger partial charge in [0.15, 0.2) is 4.77 Å². The topological polar surface area (TPSA) is 20.7 Å². The highest BCUT2D eigenvalue weighted by Gasteiger charge is 2.35. The Morgan fingerprint density at radius 1 is 1.47 bits per heavy atom. The van der Waals surface area contributed by atoms with Crippen LogP contribution in [0.25, 0.3) is 11.0 Å². The largest absolute Gasteiger partial charge is 0.331 e. The Labute approximate surface area is 125 Å². The molecule has 19 heavy (non-hydrogen) atoms. The Balaban J connectivity index is 2.10. The summed E-state index contributed by atoms with van der Waals surface area (Å²) in [5.74, 6) is -0.241. The fourth-order valence-corrected chi connectivity index (χ4v) is 3.56. The van der Waals surface area contributed by atoms with Crippen molar-refractivity contribution in [3.63, 3.8) is 0 Å². The first-order valence-electron chi connectivity index (χ1n) is 6.62. The summed E-state index contributed by atoms with van der Waals surface area (Å²) in [6, 6.07) is 3.32. The highest BCUT2D eigenvalue weighted by atomic mass is 79.9. The molecule has 1 fully saturated rings. The molecule has 2 nitrogen and oxygen atoms in total. The van der Waals surface area contributed by atoms with Crippen LogP contribution in [0.15, 0.2) is 16.6 Å². The third-order valence-corrected chi connectivity index (χ3v) is 5.40. The molecule has 0 unspecified atom stereocenters. The summed E-state index contributed by atoms with van der Waals surface area (Å²) in [6.45, 7) is 3.12. The molecule has 3 rings (SSSR count). The number of rotatable bonds is 3. The molecule has 1 aliphatic rings. The Hall–Kier alpha value is -0.680. The zero-order valence-corrected chi connectivity index (χ0v) is 13.2. The molecule has 0 bridgehead atoms. The Morgan fingerprint density at radius 3 is 2.79 bits per heavy atom. The quantitative estimate of drug-likeness (QED) is 0.762. The molecule has 0 aliphatic heterocycles. The van der Waals surface area contributed by atoms with Crippen molar-refractivity contribution in [2.75, 3.05) is 0 Å². The number of hydrogen-bond donors (Lipinski definition) is 1. The van der Waals surface area contributed by atoms with Gasteiger partial charge < -0.3 is 9.55 Å². The molecule has 1 aromatic carbocycles. The number of fused-ring (bicyclic) bond motifs is 1. The molecule has 1 aromatic heterocycles. The van der Waals surface area contributed by atoms with Gasteiger partial charge in [0, 0.05) is 12.6 Å². The van der Waals surface area contributed by atoms with E-state index >= 15 is 0 Å². The smallest absolute Gasteiger partial charge is 0.178 e. The lowest BCUT2D eigenvalue weighted by molar-refractivity contribution is 0.101. The van der Waals surface area contributed by atoms with Gasteiger partial charge in [-0.25, -0.2) is 4.39 Å². The van der Waals surface area contributed by atoms with Crippen LogP contribution in [-0.2, 0) is 6.54 Å². The lowest BCUT2D eigenvalue weighted by Crippen LogP contribution is -2.33. The lowest BCUT2D eigenvalue weighted by Gasteiger charge is -2.41. The van der Waals surface area contributed by atoms with E-state index in [4.69, 9.17) is 12.2 Å². The molecule has 0 spiro atoms. The monoisotopic (exact) mass is 342 g/mol. The molecule has 5 heteroatoms. The molecule has 102 valence electrons. The molecule has 2 aromatic rings. The van der Waals surface area contributed by atoms with Crippen LogP contribution in [0.5, 0.6) is 0 Å². The number of hydrogen-bond acceptors (Lipinski definition) is 1. The van der Waals surface area contributed by atoms with Crippen LogP contribution in [-0.4, -0.2) is 9.55 Å². The van der Waals surface area contributed by atoms with Crippen molar-refractivity contribution in [2.24, 2.45) is 5.41 Å². The first-order chi connectivity index (χ1) is 9.04. The number of benzene rings is 1. The number of imidazole rings is 1. The molecule has 1 saturated carbocycles. The van der Waals surface area contributed by atoms with Crippen LogP contribution in [0.2, 0.25) is 0 Å². The predicted molar refractivity (Wildman–Crippen MR) is 81.4 cm³/mol. The summed E-state index contributed by atoms with van der Waals surface area (Å²) < 4.78 is 17.0. The van der Waals surface area contributed by atoms with Crippen LogP contribution in [0.4, 0.5) is 4.39 Å². The van der Waals surface area contributed by atoms with Gasteiger partial charge in [0.1, 0.15) is 5.82 Å². The maximum atomic E-state index is 13.7. The van der Waals surface area contributed by atoms with E-state index in [9.17, 15) is 4.39 Å². The highest BCUT2D eigenvalue weighted by molar-refractivity contribution is 9.10. The van der Waals surface area contributed by atoms with E-state index in [0.717, 1.165) is 24.0 Å². The van der Waals surface area contributed by atoms with Gasteiger partial charge >= 0.3 is 0 Å². The molecule has 0 amide bonds. The molecular formula is C14H16BrFN2S. The van der Waals surface area contributed by atoms with Crippen molar-refractivity contribution in [3.8, 4) is 0 Å². The molecule has 1 aliphatic carbocycles. The maximum absolute atomic E-state index is 13.7. The van der Waals surface area contributed by atoms with Crippen molar-refractivity contribution in [3.05, 3.63) is 27.2 Å². The van der Waals surface area contributed by atoms with E-state index in [2.05, 4.69) is 32.4 Å². The van der Waals surface area contributed by atoms with E-state index < -0.39 is 0 Å². The molecular weight excluding hydrogens is 327 g/mol. The van der Waals surface area contributed by atoms with Crippen LogP contribution >= 0.6 is 28.1 Å². The van der Waals surface area contributed by atoms with E-state index in [1.54, 1.807) is 12.1 Å². The Bertz CT molecular complexity index is 679. The van der Waals surface area contributed by atoms with Gasteiger partial charge in [0.25, 0.3) is 0 Å². The highest BCUT2D eigenvalue weighted by Crippen LogP contribution is 2.45. The molecule has 1 N–H and O–H groups in total. The minimum atomic E-state index is -0.241. The Morgan fingerprint density at radius 2 is 2.21 bits per heavy atom. The van der Waals surface area contributed by atoms with Gasteiger partial charge in [-0.3, -0.25) is 0 Å². The van der Waals surface area contributed by atoms with Crippen molar-refractivity contribution >= 4 is 39.2 Å². The number of H-pyrrole nitrogens is 1. The van der Waals surface area contributed by atoms with Gasteiger partial charge in [0.05, 0.1) is 15.5 Å². The Kier molecular flexibility index (Phi) is 3.29. The van der Waals surface area contributed by atoms with Gasteiger partial charge in [-0.15, -0.1) is 0 Å². The number of halogens is 2. The fourth-order valence-electron chi connectivity index (χ4n) is 2.94. The van der Waals surface area contributed by atoms with Crippen LogP contribution in [0.3, 0.4) is 0 Å². The van der Waals surface area contributed by atoms with Crippen molar-refractivity contribution < 1.29 is 4.39 Å². The van der Waals surface area contributed by atoms with Crippen LogP contribution < -0.4 is 0 Å². The van der Waals surface area contributed by atoms with Crippen LogP contribution in [0.1, 0.15) is 32.6 Å². The SMILES string of the molecule is CCC1(Cn2c(=S)[nH]c3cc(Br)c(F)cc32)CCC1. The summed E-state index contributed by atoms with van der Waals surface area (Å²) in [4.78, 5) is 3.17. The van der Waals surface area contributed by atoms with E-state index in [1.807, 2.05) is 0 Å². The minimum absolute atomic E-state index is 0.241. The standard InChI is InChI=1S/C14H16BrFN2S/c1-2-14(4-3-5-14)8-18-12-7-10(16)9(15)6-11(12)17-13(18)19/h6-7H,2-5,8H2,1H3,(H,17,19). The molecule has 0 saturated heterocycles. The summed E-state index contributed by atoms with van der Waals surface area (Å²) >= 11 is 8.61. The lowest BCUT2D eigenvalue weighted by atomic mass is 9.67. The third kappa shape index (κ3) is 2.17.